The highest BCUT2D eigenvalue weighted by Gasteiger charge is 2.26. The lowest BCUT2D eigenvalue weighted by molar-refractivity contribution is -0.383. The summed E-state index contributed by atoms with van der Waals surface area (Å²) < 4.78 is 0. The van der Waals surface area contributed by atoms with E-state index in [1.807, 2.05) is 10.3 Å². The molecule has 2 aromatic rings. The molecule has 0 saturated carbocycles. The Morgan fingerprint density at radius 3 is 2.57 bits per heavy atom. The number of benzene rings is 1. The van der Waals surface area contributed by atoms with Crippen LogP contribution >= 0.6 is 11.3 Å². The predicted molar refractivity (Wildman–Crippen MR) is 84.0 cm³/mol. The quantitative estimate of drug-likeness (QED) is 0.530. The van der Waals surface area contributed by atoms with Gasteiger partial charge in [0.1, 0.15) is 11.4 Å². The van der Waals surface area contributed by atoms with E-state index in [0.29, 0.717) is 18.8 Å². The van der Waals surface area contributed by atoms with Gasteiger partial charge in [-0.05, 0) is 12.1 Å². The molecule has 2 N–H and O–H groups in total. The van der Waals surface area contributed by atoms with Gasteiger partial charge in [-0.25, -0.2) is 4.98 Å². The molecule has 7 nitrogen and oxygen atoms in total. The first-order valence-corrected chi connectivity index (χ1v) is 7.47. The van der Waals surface area contributed by atoms with Gasteiger partial charge in [-0.1, -0.05) is 6.07 Å². The maximum atomic E-state index is 11.2. The summed E-state index contributed by atoms with van der Waals surface area (Å²) in [7, 11) is 0. The van der Waals surface area contributed by atoms with Crippen LogP contribution in [0.4, 0.5) is 22.2 Å². The van der Waals surface area contributed by atoms with Gasteiger partial charge in [-0.2, -0.15) is 0 Å². The third-order valence-corrected chi connectivity index (χ3v) is 4.37. The minimum atomic E-state index is -0.405. The molecule has 1 fully saturated rings. The molecule has 2 heterocycles. The number of hydrogen-bond donors (Lipinski definition) is 1. The van der Waals surface area contributed by atoms with Crippen LogP contribution in [0.15, 0.2) is 29.8 Å². The van der Waals surface area contributed by atoms with Gasteiger partial charge in [0.25, 0.3) is 0 Å². The Morgan fingerprint density at radius 1 is 1.24 bits per heavy atom. The monoisotopic (exact) mass is 305 g/mol. The summed E-state index contributed by atoms with van der Waals surface area (Å²) >= 11 is 1.61. The van der Waals surface area contributed by atoms with Crippen molar-refractivity contribution in [2.24, 2.45) is 0 Å². The molecule has 1 aliphatic rings. The first-order chi connectivity index (χ1) is 10.2. The predicted octanol–water partition coefficient (Wildman–Crippen LogP) is 1.96. The normalized spacial score (nSPS) is 15.2. The minimum absolute atomic E-state index is 0.000184. The lowest BCUT2D eigenvalue weighted by Crippen LogP contribution is -2.46. The number of piperazine rings is 1. The number of hydrogen-bond acceptors (Lipinski definition) is 7. The molecule has 0 unspecified atom stereocenters. The van der Waals surface area contributed by atoms with Crippen molar-refractivity contribution in [1.29, 1.82) is 0 Å². The molecule has 1 aromatic carbocycles. The van der Waals surface area contributed by atoms with Crippen molar-refractivity contribution in [2.45, 2.75) is 0 Å². The maximum Gasteiger partial charge on any atom is 0.315 e. The maximum absolute atomic E-state index is 11.2. The van der Waals surface area contributed by atoms with Crippen LogP contribution in [-0.4, -0.2) is 36.1 Å². The Morgan fingerprint density at radius 2 is 1.95 bits per heavy atom. The Hall–Kier alpha value is -2.35. The fraction of sp³-hybridized carbons (Fsp3) is 0.308. The van der Waals surface area contributed by atoms with E-state index in [-0.39, 0.29) is 11.4 Å². The summed E-state index contributed by atoms with van der Waals surface area (Å²) in [4.78, 5) is 19.3. The third kappa shape index (κ3) is 2.62. The Labute approximate surface area is 125 Å². The van der Waals surface area contributed by atoms with Crippen LogP contribution in [-0.2, 0) is 0 Å². The zero-order chi connectivity index (χ0) is 14.8. The summed E-state index contributed by atoms with van der Waals surface area (Å²) in [5.41, 5.74) is 6.55. The fourth-order valence-electron chi connectivity index (χ4n) is 2.51. The fourth-order valence-corrected chi connectivity index (χ4v) is 3.21. The van der Waals surface area contributed by atoms with Crippen LogP contribution in [0.25, 0.3) is 0 Å². The van der Waals surface area contributed by atoms with E-state index >= 15 is 0 Å². The van der Waals surface area contributed by atoms with E-state index in [1.54, 1.807) is 35.7 Å². The van der Waals surface area contributed by atoms with E-state index in [9.17, 15) is 10.1 Å². The van der Waals surface area contributed by atoms with E-state index in [1.165, 1.54) is 0 Å². The summed E-state index contributed by atoms with van der Waals surface area (Å²) in [5.74, 6) is 0. The standard InChI is InChI=1S/C13H15N5O2S/c14-10-2-1-3-11(12(10)18(19)20)16-5-7-17(8-6-16)13-15-4-9-21-13/h1-4,9H,5-8,14H2. The van der Waals surface area contributed by atoms with Gasteiger partial charge < -0.3 is 15.5 Å². The molecule has 0 radical (unpaired) electrons. The molecular formula is C13H15N5O2S. The topological polar surface area (TPSA) is 88.5 Å². The van der Waals surface area contributed by atoms with Crippen LogP contribution < -0.4 is 15.5 Å². The van der Waals surface area contributed by atoms with Crippen molar-refractivity contribution >= 4 is 33.5 Å². The summed E-state index contributed by atoms with van der Waals surface area (Å²) in [6.07, 6.45) is 1.79. The summed E-state index contributed by atoms with van der Waals surface area (Å²) in [6.45, 7) is 3.01. The first-order valence-electron chi connectivity index (χ1n) is 6.59. The average Bonchev–Trinajstić information content (AvgIpc) is 3.01. The number of para-hydroxylation sites is 1. The smallest absolute Gasteiger partial charge is 0.315 e. The summed E-state index contributed by atoms with van der Waals surface area (Å²) in [5, 5.41) is 14.2. The van der Waals surface area contributed by atoms with Crippen molar-refractivity contribution in [2.75, 3.05) is 41.7 Å². The van der Waals surface area contributed by atoms with E-state index < -0.39 is 4.92 Å². The molecule has 1 aromatic heterocycles. The number of aromatic nitrogens is 1. The highest BCUT2D eigenvalue weighted by Crippen LogP contribution is 2.34. The molecule has 0 bridgehead atoms. The Kier molecular flexibility index (Phi) is 3.61. The second kappa shape index (κ2) is 5.57. The molecule has 110 valence electrons. The van der Waals surface area contributed by atoms with Gasteiger partial charge in [0.2, 0.25) is 0 Å². The molecule has 21 heavy (non-hydrogen) atoms. The highest BCUT2D eigenvalue weighted by molar-refractivity contribution is 7.13. The molecule has 0 amide bonds. The van der Waals surface area contributed by atoms with Crippen LogP contribution in [0, 0.1) is 10.1 Å². The van der Waals surface area contributed by atoms with Crippen LogP contribution in [0.1, 0.15) is 0 Å². The van der Waals surface area contributed by atoms with Crippen molar-refractivity contribution in [3.05, 3.63) is 39.9 Å². The number of nitrogens with zero attached hydrogens (tertiary/aromatic N) is 4. The van der Waals surface area contributed by atoms with Gasteiger partial charge in [-0.15, -0.1) is 11.3 Å². The van der Waals surface area contributed by atoms with Crippen molar-refractivity contribution in [3.63, 3.8) is 0 Å². The lowest BCUT2D eigenvalue weighted by Gasteiger charge is -2.35. The van der Waals surface area contributed by atoms with Gasteiger partial charge >= 0.3 is 5.69 Å². The molecule has 0 spiro atoms. The molecular weight excluding hydrogens is 290 g/mol. The summed E-state index contributed by atoms with van der Waals surface area (Å²) in [6, 6.07) is 5.08. The number of nitrogens with two attached hydrogens (primary N) is 1. The number of nitro benzene ring substituents is 1. The van der Waals surface area contributed by atoms with Gasteiger partial charge in [0.15, 0.2) is 5.13 Å². The third-order valence-electron chi connectivity index (χ3n) is 3.54. The Bertz CT molecular complexity index is 638. The lowest BCUT2D eigenvalue weighted by atomic mass is 10.2. The average molecular weight is 305 g/mol. The second-order valence-corrected chi connectivity index (χ2v) is 5.63. The van der Waals surface area contributed by atoms with Crippen LogP contribution in [0.3, 0.4) is 0 Å². The van der Waals surface area contributed by atoms with Gasteiger partial charge in [-0.3, -0.25) is 10.1 Å². The van der Waals surface area contributed by atoms with E-state index in [4.69, 9.17) is 5.73 Å². The zero-order valence-corrected chi connectivity index (χ0v) is 12.1. The number of nitrogen functional groups attached to an aromatic ring is 1. The Balaban J connectivity index is 1.78. The SMILES string of the molecule is Nc1cccc(N2CCN(c3nccs3)CC2)c1[N+](=O)[O-]. The molecule has 1 aliphatic heterocycles. The van der Waals surface area contributed by atoms with Gasteiger partial charge in [0, 0.05) is 37.8 Å². The molecule has 0 atom stereocenters. The molecule has 8 heteroatoms. The number of rotatable bonds is 3. The number of nitro groups is 1. The zero-order valence-electron chi connectivity index (χ0n) is 11.3. The molecule has 0 aliphatic carbocycles. The minimum Gasteiger partial charge on any atom is -0.393 e. The molecule has 1 saturated heterocycles. The van der Waals surface area contributed by atoms with Crippen LogP contribution in [0.2, 0.25) is 0 Å². The van der Waals surface area contributed by atoms with E-state index in [0.717, 1.165) is 18.2 Å². The largest absolute Gasteiger partial charge is 0.393 e. The highest BCUT2D eigenvalue weighted by atomic mass is 32.1. The number of anilines is 3. The van der Waals surface area contributed by atoms with Crippen molar-refractivity contribution < 1.29 is 4.92 Å². The molecule has 3 rings (SSSR count). The van der Waals surface area contributed by atoms with Crippen molar-refractivity contribution in [1.82, 2.24) is 4.98 Å². The van der Waals surface area contributed by atoms with Crippen molar-refractivity contribution in [3.8, 4) is 0 Å². The van der Waals surface area contributed by atoms with Gasteiger partial charge in [0.05, 0.1) is 4.92 Å². The van der Waals surface area contributed by atoms with Crippen LogP contribution in [0.5, 0.6) is 0 Å². The first kappa shape index (κ1) is 13.6. The number of thiazole rings is 1. The van der Waals surface area contributed by atoms with E-state index in [2.05, 4.69) is 9.88 Å². The second-order valence-electron chi connectivity index (χ2n) is 4.76.